The number of nitrogens with two attached hydrogens (primary N) is 1. The predicted molar refractivity (Wildman–Crippen MR) is 42.5 cm³/mol. The first-order chi connectivity index (χ1) is 6.20. The van der Waals surface area contributed by atoms with E-state index >= 15 is 0 Å². The Morgan fingerprint density at radius 1 is 1.31 bits per heavy atom. The summed E-state index contributed by atoms with van der Waals surface area (Å²) in [5.41, 5.74) is 5.85. The Morgan fingerprint density at radius 3 is 2.62 bits per heavy atom. The molecule has 0 saturated heterocycles. The lowest BCUT2D eigenvalue weighted by Gasteiger charge is -1.96. The quantitative estimate of drug-likeness (QED) is 0.307. The summed E-state index contributed by atoms with van der Waals surface area (Å²) < 4.78 is 0.670. The van der Waals surface area contributed by atoms with Gasteiger partial charge in [0.25, 0.3) is 0 Å². The van der Waals surface area contributed by atoms with Gasteiger partial charge in [0, 0.05) is 10.9 Å². The van der Waals surface area contributed by atoms with Crippen LogP contribution in [0.5, 0.6) is 0 Å². The van der Waals surface area contributed by atoms with Crippen molar-refractivity contribution in [2.75, 3.05) is 5.73 Å². The summed E-state index contributed by atoms with van der Waals surface area (Å²) in [5.74, 6) is -0.242. The Kier molecular flexibility index (Phi) is 1.42. The monoisotopic (exact) mass is 179 g/mol. The van der Waals surface area contributed by atoms with Crippen LogP contribution in [-0.2, 0) is 0 Å². The molecule has 0 aliphatic rings. The first kappa shape index (κ1) is 7.53. The third-order valence-corrected chi connectivity index (χ3v) is 1.73. The number of fused-ring (bicyclic) bond motifs is 1. The SMILES string of the molecule is Nc1n[n+]([O-])c2ccccc2[n+]1O. The van der Waals surface area contributed by atoms with Crippen LogP contribution in [0, 0.1) is 5.21 Å². The number of para-hydroxylation sites is 2. The molecule has 0 atom stereocenters. The van der Waals surface area contributed by atoms with Crippen LogP contribution >= 0.6 is 0 Å². The average molecular weight is 179 g/mol. The molecule has 1 heterocycles. The van der Waals surface area contributed by atoms with Crippen molar-refractivity contribution in [3.63, 3.8) is 0 Å². The molecule has 0 saturated carbocycles. The molecule has 0 unspecified atom stereocenters. The molecule has 1 aromatic carbocycles. The molecule has 0 aliphatic carbocycles. The van der Waals surface area contributed by atoms with Gasteiger partial charge in [-0.25, -0.2) is 0 Å². The standard InChI is InChI=1S/C7H6N4O2/c8-7-9-11(13)6-4-2-1-3-5(6)10(7)12/h1-4,8,12H/p+1. The number of nitrogen functional groups attached to an aromatic ring is 1. The summed E-state index contributed by atoms with van der Waals surface area (Å²) in [7, 11) is 0. The van der Waals surface area contributed by atoms with Crippen LogP contribution < -0.4 is 15.3 Å². The second-order valence-corrected chi connectivity index (χ2v) is 2.53. The van der Waals surface area contributed by atoms with Gasteiger partial charge in [0.1, 0.15) is 0 Å². The van der Waals surface area contributed by atoms with E-state index in [-0.39, 0.29) is 11.5 Å². The summed E-state index contributed by atoms with van der Waals surface area (Å²) in [6.45, 7) is 0. The molecular formula is C7H7N4O2+. The van der Waals surface area contributed by atoms with Crippen LogP contribution in [0.4, 0.5) is 5.95 Å². The second-order valence-electron chi connectivity index (χ2n) is 2.53. The smallest absolute Gasteiger partial charge is 0.494 e. The fourth-order valence-electron chi connectivity index (χ4n) is 1.12. The van der Waals surface area contributed by atoms with Gasteiger partial charge in [-0.2, -0.15) is 0 Å². The van der Waals surface area contributed by atoms with Crippen LogP contribution in [0.1, 0.15) is 0 Å². The summed E-state index contributed by atoms with van der Waals surface area (Å²) in [5, 5.41) is 23.9. The minimum atomic E-state index is -0.242. The summed E-state index contributed by atoms with van der Waals surface area (Å²) in [6.07, 6.45) is 0. The highest BCUT2D eigenvalue weighted by Crippen LogP contribution is 2.02. The topological polar surface area (TPSA) is 90.0 Å². The molecule has 2 aromatic rings. The van der Waals surface area contributed by atoms with E-state index < -0.39 is 0 Å². The maximum atomic E-state index is 11.2. The van der Waals surface area contributed by atoms with E-state index in [2.05, 4.69) is 5.10 Å². The molecular weight excluding hydrogens is 172 g/mol. The zero-order valence-electron chi connectivity index (χ0n) is 6.58. The zero-order chi connectivity index (χ0) is 9.42. The van der Waals surface area contributed by atoms with Crippen LogP contribution in [0.15, 0.2) is 24.3 Å². The normalized spacial score (nSPS) is 10.5. The van der Waals surface area contributed by atoms with E-state index in [1.165, 1.54) is 0 Å². The molecule has 6 nitrogen and oxygen atoms in total. The molecule has 0 bridgehead atoms. The van der Waals surface area contributed by atoms with Gasteiger partial charge in [-0.3, -0.25) is 5.73 Å². The summed E-state index contributed by atoms with van der Waals surface area (Å²) in [6, 6.07) is 6.48. The molecule has 2 rings (SSSR count). The molecule has 6 heteroatoms. The molecule has 1 aromatic heterocycles. The highest BCUT2D eigenvalue weighted by molar-refractivity contribution is 5.66. The van der Waals surface area contributed by atoms with Crippen molar-refractivity contribution >= 4 is 17.0 Å². The van der Waals surface area contributed by atoms with E-state index in [9.17, 15) is 10.4 Å². The number of hydrogen-bond donors (Lipinski definition) is 2. The van der Waals surface area contributed by atoms with E-state index in [1.54, 1.807) is 24.3 Å². The lowest BCUT2D eigenvalue weighted by molar-refractivity contribution is -0.883. The Morgan fingerprint density at radius 2 is 1.92 bits per heavy atom. The number of hydrogen-bond acceptors (Lipinski definition) is 4. The third kappa shape index (κ3) is 0.994. The van der Waals surface area contributed by atoms with Crippen molar-refractivity contribution in [2.24, 2.45) is 0 Å². The maximum absolute atomic E-state index is 11.2. The van der Waals surface area contributed by atoms with Crippen molar-refractivity contribution in [1.82, 2.24) is 5.10 Å². The molecule has 0 fully saturated rings. The number of benzene rings is 1. The highest BCUT2D eigenvalue weighted by atomic mass is 16.5. The van der Waals surface area contributed by atoms with E-state index in [1.807, 2.05) is 0 Å². The summed E-state index contributed by atoms with van der Waals surface area (Å²) >= 11 is 0. The van der Waals surface area contributed by atoms with Crippen molar-refractivity contribution in [2.45, 2.75) is 0 Å². The lowest BCUT2D eigenvalue weighted by Crippen LogP contribution is -2.45. The van der Waals surface area contributed by atoms with Crippen molar-refractivity contribution in [1.29, 1.82) is 0 Å². The lowest BCUT2D eigenvalue weighted by atomic mass is 10.3. The molecule has 66 valence electrons. The van der Waals surface area contributed by atoms with E-state index in [0.29, 0.717) is 15.1 Å². The molecule has 13 heavy (non-hydrogen) atoms. The van der Waals surface area contributed by atoms with Crippen LogP contribution in [0.3, 0.4) is 0 Å². The highest BCUT2D eigenvalue weighted by Gasteiger charge is 2.19. The van der Waals surface area contributed by atoms with Gasteiger partial charge in [0.2, 0.25) is 10.6 Å². The van der Waals surface area contributed by atoms with Gasteiger partial charge in [-0.05, 0) is 10.8 Å². The van der Waals surface area contributed by atoms with Gasteiger partial charge in [0.15, 0.2) is 0 Å². The molecule has 0 spiro atoms. The third-order valence-electron chi connectivity index (χ3n) is 1.73. The van der Waals surface area contributed by atoms with Crippen molar-refractivity contribution in [3.05, 3.63) is 29.5 Å². The molecule has 0 aliphatic heterocycles. The fraction of sp³-hybridized carbons (Fsp3) is 0. The van der Waals surface area contributed by atoms with Crippen LogP contribution in [0.2, 0.25) is 0 Å². The van der Waals surface area contributed by atoms with Crippen molar-refractivity contribution in [3.8, 4) is 0 Å². The van der Waals surface area contributed by atoms with Gasteiger partial charge in [-0.15, -0.1) is 0 Å². The Hall–Kier alpha value is -2.11. The van der Waals surface area contributed by atoms with Gasteiger partial charge in [0.05, 0.1) is 0 Å². The van der Waals surface area contributed by atoms with Crippen LogP contribution in [-0.4, -0.2) is 10.3 Å². The predicted octanol–water partition coefficient (Wildman–Crippen LogP) is -1.02. The average Bonchev–Trinajstić information content (AvgIpc) is 2.15. The minimum Gasteiger partial charge on any atom is -0.582 e. The fourth-order valence-corrected chi connectivity index (χ4v) is 1.12. The Labute approximate surface area is 73.0 Å². The number of aromatic nitrogens is 3. The number of rotatable bonds is 0. The van der Waals surface area contributed by atoms with E-state index in [4.69, 9.17) is 5.73 Å². The van der Waals surface area contributed by atoms with Gasteiger partial charge >= 0.3 is 11.5 Å². The Bertz CT molecular complexity index is 471. The Balaban J connectivity index is 2.97. The first-order valence-corrected chi connectivity index (χ1v) is 3.59. The minimum absolute atomic E-state index is 0.242. The number of anilines is 1. The number of nitrogens with zero attached hydrogens (tertiary/aromatic N) is 3. The molecule has 3 N–H and O–H groups in total. The summed E-state index contributed by atoms with van der Waals surface area (Å²) in [4.78, 5) is 0.372. The van der Waals surface area contributed by atoms with Gasteiger partial charge < -0.3 is 10.4 Å². The van der Waals surface area contributed by atoms with Crippen molar-refractivity contribution < 1.29 is 14.8 Å². The van der Waals surface area contributed by atoms with Gasteiger partial charge in [-0.1, -0.05) is 12.1 Å². The largest absolute Gasteiger partial charge is 0.582 e. The zero-order valence-corrected chi connectivity index (χ0v) is 6.58. The molecule has 0 radical (unpaired) electrons. The maximum Gasteiger partial charge on any atom is 0.494 e. The first-order valence-electron chi connectivity index (χ1n) is 3.59. The van der Waals surface area contributed by atoms with E-state index in [0.717, 1.165) is 0 Å². The van der Waals surface area contributed by atoms with Crippen LogP contribution in [0.25, 0.3) is 11.0 Å². The second kappa shape index (κ2) is 2.44. The molecule has 0 amide bonds.